The number of halogens is 1. The smallest absolute Gasteiger partial charge is 0.286 e. The Balaban J connectivity index is 5.24. The average Bonchev–Trinajstić information content (AvgIpc) is 2.49. The Morgan fingerprint density at radius 1 is 1.29 bits per heavy atom. The summed E-state index contributed by atoms with van der Waals surface area (Å²) in [6.07, 6.45) is 0.850. The van der Waals surface area contributed by atoms with Gasteiger partial charge < -0.3 is 16.0 Å². The molecule has 0 aliphatic heterocycles. The number of primary amides is 1. The molecule has 0 bridgehead atoms. The van der Waals surface area contributed by atoms with Gasteiger partial charge in [-0.05, 0) is 34.4 Å². The summed E-state index contributed by atoms with van der Waals surface area (Å²) in [7, 11) is 1.72. The Bertz CT molecular complexity index is 500. The van der Waals surface area contributed by atoms with Crippen LogP contribution in [0.15, 0.2) is 4.99 Å². The van der Waals surface area contributed by atoms with E-state index < -0.39 is 15.7 Å². The molecule has 0 aliphatic carbocycles. The summed E-state index contributed by atoms with van der Waals surface area (Å²) in [4.78, 5) is 40.7. The monoisotopic (exact) mass is 452 g/mol. The first kappa shape index (κ1) is 22.8. The van der Waals surface area contributed by atoms with Crippen molar-refractivity contribution in [3.63, 3.8) is 0 Å². The summed E-state index contributed by atoms with van der Waals surface area (Å²) in [5.41, 5.74) is 4.89. The maximum absolute atomic E-state index is 12.4. The topological polar surface area (TPSA) is 105 Å². The lowest BCUT2D eigenvalue weighted by Gasteiger charge is -2.37. The molecule has 138 valence electrons. The third kappa shape index (κ3) is 6.74. The summed E-state index contributed by atoms with van der Waals surface area (Å²) >= 11 is 2.02. The summed E-state index contributed by atoms with van der Waals surface area (Å²) in [6, 6.07) is 0. The molecule has 0 aromatic rings. The van der Waals surface area contributed by atoms with Crippen LogP contribution in [0.3, 0.4) is 0 Å². The molecule has 2 atom stereocenters. The molecule has 0 spiro atoms. The minimum Gasteiger partial charge on any atom is -0.363 e. The molecule has 0 fully saturated rings. The molecule has 0 heterocycles. The molecule has 0 aliphatic rings. The third-order valence-electron chi connectivity index (χ3n) is 3.86. The zero-order valence-corrected chi connectivity index (χ0v) is 17.5. The van der Waals surface area contributed by atoms with Gasteiger partial charge in [-0.15, -0.1) is 0 Å². The predicted octanol–water partition coefficient (Wildman–Crippen LogP) is 1.34. The van der Waals surface area contributed by atoms with Crippen molar-refractivity contribution in [3.8, 4) is 0 Å². The minimum absolute atomic E-state index is 0.00436. The van der Waals surface area contributed by atoms with Crippen molar-refractivity contribution in [1.82, 2.24) is 10.2 Å². The maximum Gasteiger partial charge on any atom is 0.286 e. The summed E-state index contributed by atoms with van der Waals surface area (Å²) < 4.78 is -0.535. The van der Waals surface area contributed by atoms with E-state index in [1.54, 1.807) is 7.05 Å². The van der Waals surface area contributed by atoms with E-state index in [0.717, 1.165) is 12.3 Å². The first-order chi connectivity index (χ1) is 11.0. The van der Waals surface area contributed by atoms with Gasteiger partial charge in [0.1, 0.15) is 5.84 Å². The number of nitrogens with two attached hydrogens (primary N) is 1. The first-order valence-corrected chi connectivity index (χ1v) is 9.19. The Kier molecular flexibility index (Phi) is 9.46. The number of rotatable bonds is 8. The van der Waals surface area contributed by atoms with Crippen molar-refractivity contribution < 1.29 is 14.4 Å². The zero-order chi connectivity index (χ0) is 19.1. The second-order valence-electron chi connectivity index (χ2n) is 6.70. The second-order valence-corrected chi connectivity index (χ2v) is 7.88. The molecule has 8 heteroatoms. The highest BCUT2D eigenvalue weighted by molar-refractivity contribution is 14.1. The van der Waals surface area contributed by atoms with Gasteiger partial charge in [-0.25, -0.2) is 0 Å². The average molecular weight is 452 g/mol. The lowest BCUT2D eigenvalue weighted by Crippen LogP contribution is -2.51. The number of aliphatic imine (C=N–C) groups is 1. The molecule has 0 rings (SSSR count). The van der Waals surface area contributed by atoms with Gasteiger partial charge in [-0.2, -0.15) is 0 Å². The van der Waals surface area contributed by atoms with Gasteiger partial charge in [0, 0.05) is 19.5 Å². The maximum atomic E-state index is 12.4. The SMILES string of the molecule is CCCN(C(=NC)C(C)C(C)(C)C)C(I)C(=O)NCC(=O)C(N)=O. The van der Waals surface area contributed by atoms with Gasteiger partial charge in [0.2, 0.25) is 5.78 Å². The molecule has 2 amide bonds. The number of nitrogens with zero attached hydrogens (tertiary/aromatic N) is 2. The zero-order valence-electron chi connectivity index (χ0n) is 15.4. The van der Waals surface area contributed by atoms with Crippen molar-refractivity contribution in [1.29, 1.82) is 0 Å². The van der Waals surface area contributed by atoms with Crippen LogP contribution in [0.25, 0.3) is 0 Å². The van der Waals surface area contributed by atoms with E-state index in [-0.39, 0.29) is 23.8 Å². The van der Waals surface area contributed by atoms with Crippen LogP contribution >= 0.6 is 22.6 Å². The first-order valence-electron chi connectivity index (χ1n) is 7.95. The van der Waals surface area contributed by atoms with Crippen molar-refractivity contribution in [2.75, 3.05) is 20.1 Å². The highest BCUT2D eigenvalue weighted by Crippen LogP contribution is 2.29. The van der Waals surface area contributed by atoms with Crippen LogP contribution in [0.2, 0.25) is 0 Å². The van der Waals surface area contributed by atoms with Crippen LogP contribution in [0.5, 0.6) is 0 Å². The van der Waals surface area contributed by atoms with Crippen molar-refractivity contribution in [3.05, 3.63) is 0 Å². The molecule has 0 radical (unpaired) electrons. The fourth-order valence-corrected chi connectivity index (χ4v) is 2.81. The molecule has 0 aromatic heterocycles. The Morgan fingerprint density at radius 3 is 2.21 bits per heavy atom. The molecule has 24 heavy (non-hydrogen) atoms. The van der Waals surface area contributed by atoms with E-state index in [1.807, 2.05) is 34.4 Å². The van der Waals surface area contributed by atoms with Crippen LogP contribution in [-0.4, -0.2) is 52.5 Å². The fraction of sp³-hybridized carbons (Fsp3) is 0.750. The highest BCUT2D eigenvalue weighted by Gasteiger charge is 2.33. The second kappa shape index (κ2) is 9.95. The van der Waals surface area contributed by atoms with Gasteiger partial charge >= 0.3 is 0 Å². The number of ketones is 1. The number of amidine groups is 1. The minimum atomic E-state index is -1.05. The number of alkyl halides is 1. The lowest BCUT2D eigenvalue weighted by atomic mass is 9.81. The number of Topliss-reactive ketones (excluding diaryl/α,β-unsaturated/α-hetero) is 1. The molecular formula is C16H29IN4O3. The van der Waals surface area contributed by atoms with E-state index in [2.05, 4.69) is 38.0 Å². The Morgan fingerprint density at radius 2 is 1.83 bits per heavy atom. The molecule has 0 saturated heterocycles. The van der Waals surface area contributed by atoms with Crippen LogP contribution in [0, 0.1) is 11.3 Å². The number of hydrogen-bond acceptors (Lipinski definition) is 4. The molecule has 7 nitrogen and oxygen atoms in total. The van der Waals surface area contributed by atoms with Crippen LogP contribution in [0.4, 0.5) is 0 Å². The number of carbonyl (C=O) groups excluding carboxylic acids is 3. The van der Waals surface area contributed by atoms with Crippen molar-refractivity contribution in [2.45, 2.75) is 45.1 Å². The van der Waals surface area contributed by atoms with E-state index in [4.69, 9.17) is 5.73 Å². The number of hydrogen-bond donors (Lipinski definition) is 2. The van der Waals surface area contributed by atoms with Gasteiger partial charge in [0.15, 0.2) is 4.05 Å². The molecular weight excluding hydrogens is 423 g/mol. The van der Waals surface area contributed by atoms with Gasteiger partial charge in [0.25, 0.3) is 11.8 Å². The predicted molar refractivity (Wildman–Crippen MR) is 104 cm³/mol. The van der Waals surface area contributed by atoms with Crippen molar-refractivity contribution >= 4 is 46.0 Å². The lowest BCUT2D eigenvalue weighted by molar-refractivity contribution is -0.136. The van der Waals surface area contributed by atoms with Crippen LogP contribution in [0.1, 0.15) is 41.0 Å². The molecule has 0 aromatic carbocycles. The van der Waals surface area contributed by atoms with Crippen LogP contribution < -0.4 is 11.1 Å². The summed E-state index contributed by atoms with van der Waals surface area (Å²) in [5, 5.41) is 2.47. The third-order valence-corrected chi connectivity index (χ3v) is 5.10. The Labute approximate surface area is 158 Å². The standard InChI is InChI=1S/C16H29IN4O3/c1-7-8-21(14(19-6)10(2)16(3,4)5)12(17)15(24)20-9-11(22)13(18)23/h10,12H,7-9H2,1-6H3,(H2,18,23)(H,20,24). The fourth-order valence-electron chi connectivity index (χ4n) is 2.02. The van der Waals surface area contributed by atoms with E-state index in [0.29, 0.717) is 6.54 Å². The van der Waals surface area contributed by atoms with Gasteiger partial charge in [-0.1, -0.05) is 34.6 Å². The van der Waals surface area contributed by atoms with Gasteiger partial charge in [0.05, 0.1) is 6.54 Å². The van der Waals surface area contributed by atoms with Crippen LogP contribution in [-0.2, 0) is 14.4 Å². The normalized spacial score (nSPS) is 14.7. The summed E-state index contributed by atoms with van der Waals surface area (Å²) in [6.45, 7) is 10.8. The van der Waals surface area contributed by atoms with E-state index in [9.17, 15) is 14.4 Å². The van der Waals surface area contributed by atoms with E-state index in [1.165, 1.54) is 0 Å². The number of amides is 2. The number of nitrogens with one attached hydrogen (secondary N) is 1. The largest absolute Gasteiger partial charge is 0.363 e. The highest BCUT2D eigenvalue weighted by atomic mass is 127. The number of carbonyl (C=O) groups is 3. The van der Waals surface area contributed by atoms with E-state index >= 15 is 0 Å². The molecule has 2 unspecified atom stereocenters. The van der Waals surface area contributed by atoms with Gasteiger partial charge in [-0.3, -0.25) is 19.4 Å². The molecule has 0 saturated carbocycles. The summed E-state index contributed by atoms with van der Waals surface area (Å²) in [5.74, 6) is -1.23. The quantitative estimate of drug-likeness (QED) is 0.145. The Hall–Kier alpha value is -1.19. The van der Waals surface area contributed by atoms with Crippen molar-refractivity contribution in [2.24, 2.45) is 22.1 Å². The molecule has 3 N–H and O–H groups in total.